The van der Waals surface area contributed by atoms with Crippen molar-refractivity contribution >= 4 is 17.3 Å². The van der Waals surface area contributed by atoms with Crippen LogP contribution in [0.5, 0.6) is 23.0 Å². The first-order valence-corrected chi connectivity index (χ1v) is 9.30. The average Bonchev–Trinajstić information content (AvgIpc) is 3.36. The smallest absolute Gasteiger partial charge is 0.338 e. The van der Waals surface area contributed by atoms with Crippen LogP contribution in [0.4, 0.5) is 0 Å². The first-order chi connectivity index (χ1) is 14.1. The highest BCUT2D eigenvalue weighted by Crippen LogP contribution is 2.44. The largest absolute Gasteiger partial charge is 0.465 e. The van der Waals surface area contributed by atoms with Crippen LogP contribution >= 0.6 is 0 Å². The number of nitrogens with zero attached hydrogens (tertiary/aromatic N) is 1. The van der Waals surface area contributed by atoms with Gasteiger partial charge in [-0.15, -0.1) is 0 Å². The number of hydrogen-bond donors (Lipinski definition) is 0. The van der Waals surface area contributed by atoms with Crippen molar-refractivity contribution in [2.75, 3.05) is 34.3 Å². The molecule has 2 aromatic rings. The summed E-state index contributed by atoms with van der Waals surface area (Å²) in [5.74, 6) is 2.06. The van der Waals surface area contributed by atoms with E-state index in [2.05, 4.69) is 11.2 Å². The minimum atomic E-state index is -0.450. The van der Waals surface area contributed by atoms with E-state index < -0.39 is 5.97 Å². The summed E-state index contributed by atoms with van der Waals surface area (Å²) in [6.45, 7) is 5.43. The van der Waals surface area contributed by atoms with Crippen molar-refractivity contribution in [2.45, 2.75) is 6.42 Å². The highest BCUT2D eigenvalue weighted by molar-refractivity contribution is 6.32. The number of likely N-dealkylation sites (N-methyl/N-ethyl adjacent to an activating group) is 1. The molecule has 0 atom stereocenters. The number of hydrogen-bond acceptors (Lipinski definition) is 6. The van der Waals surface area contributed by atoms with Crippen molar-refractivity contribution in [3.8, 4) is 23.0 Å². The third-order valence-corrected chi connectivity index (χ3v) is 5.48. The van der Waals surface area contributed by atoms with Crippen molar-refractivity contribution < 1.29 is 33.1 Å². The molecule has 0 aliphatic carbocycles. The summed E-state index contributed by atoms with van der Waals surface area (Å²) in [6, 6.07) is 7.46. The summed E-state index contributed by atoms with van der Waals surface area (Å²) < 4.78 is 29.5. The number of rotatable bonds is 2. The maximum atomic E-state index is 12.6. The van der Waals surface area contributed by atoms with Crippen LogP contribution in [-0.2, 0) is 11.2 Å². The van der Waals surface area contributed by atoms with Gasteiger partial charge in [0.25, 0.3) is 0 Å². The molecule has 0 amide bonds. The van der Waals surface area contributed by atoms with E-state index in [0.29, 0.717) is 34.1 Å². The normalized spacial score (nSPS) is 16.6. The van der Waals surface area contributed by atoms with Crippen molar-refractivity contribution in [2.24, 2.45) is 0 Å². The van der Waals surface area contributed by atoms with Gasteiger partial charge in [0.05, 0.1) is 23.8 Å². The second-order valence-electron chi connectivity index (χ2n) is 7.07. The molecule has 0 bridgehead atoms. The number of allylic oxidation sites excluding steroid dienone is 1. The Kier molecular flexibility index (Phi) is 3.97. The van der Waals surface area contributed by atoms with E-state index in [1.54, 1.807) is 6.07 Å². The van der Waals surface area contributed by atoms with Crippen molar-refractivity contribution in [1.29, 1.82) is 0 Å². The SMILES string of the molecule is C=C1C(c2cc3c(cc2C(=O)OC)OCO3)=[N+](C)CCc2ccc3c(c21)OCO3. The molecule has 0 saturated carbocycles. The fourth-order valence-electron chi connectivity index (χ4n) is 4.09. The van der Waals surface area contributed by atoms with Gasteiger partial charge in [-0.05, 0) is 23.8 Å². The van der Waals surface area contributed by atoms with E-state index >= 15 is 0 Å². The van der Waals surface area contributed by atoms with E-state index in [-0.39, 0.29) is 13.6 Å². The van der Waals surface area contributed by atoms with Crippen molar-refractivity contribution in [1.82, 2.24) is 0 Å². The number of methoxy groups -OCH3 is 1. The number of fused-ring (bicyclic) bond motifs is 4. The molecule has 0 saturated heterocycles. The Hall–Kier alpha value is -3.48. The molecular formula is C22H20NO6+. The Balaban J connectivity index is 1.73. The molecule has 0 aromatic heterocycles. The summed E-state index contributed by atoms with van der Waals surface area (Å²) >= 11 is 0. The fraction of sp³-hybridized carbons (Fsp3) is 0.273. The zero-order valence-corrected chi connectivity index (χ0v) is 16.2. The lowest BCUT2D eigenvalue weighted by atomic mass is 9.90. The second kappa shape index (κ2) is 6.55. The molecule has 148 valence electrons. The van der Waals surface area contributed by atoms with Crippen LogP contribution in [0.2, 0.25) is 0 Å². The number of carbonyl (C=O) groups is 1. The van der Waals surface area contributed by atoms with Crippen LogP contribution in [0.25, 0.3) is 5.57 Å². The summed E-state index contributed by atoms with van der Waals surface area (Å²) in [4.78, 5) is 12.6. The summed E-state index contributed by atoms with van der Waals surface area (Å²) in [5, 5.41) is 0. The van der Waals surface area contributed by atoms with Gasteiger partial charge in [0.2, 0.25) is 19.3 Å². The predicted molar refractivity (Wildman–Crippen MR) is 104 cm³/mol. The van der Waals surface area contributed by atoms with E-state index in [1.807, 2.05) is 25.2 Å². The van der Waals surface area contributed by atoms with Gasteiger partial charge < -0.3 is 23.7 Å². The maximum absolute atomic E-state index is 12.6. The topological polar surface area (TPSA) is 66.2 Å². The highest BCUT2D eigenvalue weighted by atomic mass is 16.7. The molecule has 0 radical (unpaired) electrons. The van der Waals surface area contributed by atoms with Crippen LogP contribution in [-0.4, -0.2) is 50.5 Å². The number of carbonyl (C=O) groups excluding carboxylic acids is 1. The van der Waals surface area contributed by atoms with E-state index in [4.69, 9.17) is 23.7 Å². The molecule has 0 N–H and O–H groups in total. The molecule has 3 aliphatic heterocycles. The molecule has 7 heteroatoms. The molecule has 0 fully saturated rings. The number of benzene rings is 2. The lowest BCUT2D eigenvalue weighted by molar-refractivity contribution is -0.494. The molecule has 0 spiro atoms. The molecule has 5 rings (SSSR count). The van der Waals surface area contributed by atoms with Gasteiger partial charge in [-0.2, -0.15) is 0 Å². The van der Waals surface area contributed by atoms with Crippen LogP contribution in [0.15, 0.2) is 30.8 Å². The van der Waals surface area contributed by atoms with Crippen molar-refractivity contribution in [3.05, 3.63) is 53.1 Å². The quantitative estimate of drug-likeness (QED) is 0.576. The number of esters is 1. The molecule has 0 unspecified atom stereocenters. The second-order valence-corrected chi connectivity index (χ2v) is 7.07. The Bertz CT molecular complexity index is 1100. The standard InChI is InChI=1S/C22H20NO6/c1-12-19-13(4-5-16-21(19)29-11-26-16)6-7-23(2)20(12)14-8-17-18(28-10-27-17)9-15(14)22(24)25-3/h4-5,8-9H,1,6-7,10-11H2,2-3H3/q+1. The summed E-state index contributed by atoms with van der Waals surface area (Å²) in [7, 11) is 3.34. The van der Waals surface area contributed by atoms with E-state index in [9.17, 15) is 4.79 Å². The van der Waals surface area contributed by atoms with Gasteiger partial charge in [0, 0.05) is 12.0 Å². The molecule has 3 heterocycles. The Morgan fingerprint density at radius 2 is 1.79 bits per heavy atom. The Morgan fingerprint density at radius 1 is 1.07 bits per heavy atom. The third kappa shape index (κ3) is 2.65. The van der Waals surface area contributed by atoms with Gasteiger partial charge in [0.1, 0.15) is 13.6 Å². The monoisotopic (exact) mass is 394 g/mol. The average molecular weight is 394 g/mol. The summed E-state index contributed by atoms with van der Waals surface area (Å²) in [5.41, 5.74) is 4.68. The fourth-order valence-corrected chi connectivity index (χ4v) is 4.09. The van der Waals surface area contributed by atoms with Crippen LogP contribution in [0, 0.1) is 0 Å². The molecule has 2 aromatic carbocycles. The molecular weight excluding hydrogens is 374 g/mol. The Labute approximate surface area is 167 Å². The summed E-state index contributed by atoms with van der Waals surface area (Å²) in [6.07, 6.45) is 0.809. The molecule has 29 heavy (non-hydrogen) atoms. The first kappa shape index (κ1) is 17.6. The van der Waals surface area contributed by atoms with Gasteiger partial charge in [-0.3, -0.25) is 0 Å². The lowest BCUT2D eigenvalue weighted by Crippen LogP contribution is -2.22. The van der Waals surface area contributed by atoms with Gasteiger partial charge in [-0.25, -0.2) is 9.37 Å². The van der Waals surface area contributed by atoms with Gasteiger partial charge >= 0.3 is 5.97 Å². The van der Waals surface area contributed by atoms with E-state index in [1.165, 1.54) is 7.11 Å². The van der Waals surface area contributed by atoms with Gasteiger partial charge in [-0.1, -0.05) is 12.6 Å². The minimum absolute atomic E-state index is 0.118. The zero-order valence-electron chi connectivity index (χ0n) is 16.2. The first-order valence-electron chi connectivity index (χ1n) is 9.30. The zero-order chi connectivity index (χ0) is 20.1. The Morgan fingerprint density at radius 3 is 2.59 bits per heavy atom. The highest BCUT2D eigenvalue weighted by Gasteiger charge is 2.35. The van der Waals surface area contributed by atoms with Crippen LogP contribution in [0.3, 0.4) is 0 Å². The lowest BCUT2D eigenvalue weighted by Gasteiger charge is -2.14. The van der Waals surface area contributed by atoms with Crippen LogP contribution < -0.4 is 18.9 Å². The number of ether oxygens (including phenoxy) is 5. The van der Waals surface area contributed by atoms with E-state index in [0.717, 1.165) is 35.4 Å². The van der Waals surface area contributed by atoms with Gasteiger partial charge in [0.15, 0.2) is 23.0 Å². The maximum Gasteiger partial charge on any atom is 0.338 e. The molecule has 3 aliphatic rings. The minimum Gasteiger partial charge on any atom is -0.465 e. The van der Waals surface area contributed by atoms with Crippen LogP contribution in [0.1, 0.15) is 27.0 Å². The molecule has 7 nitrogen and oxygen atoms in total. The predicted octanol–water partition coefficient (Wildman–Crippen LogP) is 2.63. The third-order valence-electron chi connectivity index (χ3n) is 5.48. The van der Waals surface area contributed by atoms with Crippen molar-refractivity contribution in [3.63, 3.8) is 0 Å².